The van der Waals surface area contributed by atoms with Gasteiger partial charge in [0.15, 0.2) is 0 Å². The van der Waals surface area contributed by atoms with Gasteiger partial charge in [0.25, 0.3) is 0 Å². The zero-order valence-electron chi connectivity index (χ0n) is 23.3. The second-order valence-electron chi connectivity index (χ2n) is 9.34. The van der Waals surface area contributed by atoms with E-state index in [0.717, 1.165) is 31.8 Å². The first-order valence-electron chi connectivity index (χ1n) is 13.9. The van der Waals surface area contributed by atoms with Gasteiger partial charge < -0.3 is 9.80 Å². The van der Waals surface area contributed by atoms with Gasteiger partial charge in [-0.1, -0.05) is 104 Å². The molecule has 0 N–H and O–H groups in total. The van der Waals surface area contributed by atoms with E-state index in [4.69, 9.17) is 6.58 Å². The van der Waals surface area contributed by atoms with Gasteiger partial charge in [-0.15, -0.1) is 0 Å². The van der Waals surface area contributed by atoms with Crippen LogP contribution in [-0.4, -0.2) is 26.2 Å². The van der Waals surface area contributed by atoms with E-state index in [9.17, 15) is 0 Å². The lowest BCUT2D eigenvalue weighted by atomic mass is 9.82. The molecular weight excluding hydrogens is 460 g/mol. The molecule has 0 atom stereocenters. The molecular formula is C36H40N2. The van der Waals surface area contributed by atoms with Gasteiger partial charge in [0.1, 0.15) is 0 Å². The molecule has 4 aromatic rings. The normalized spacial score (nSPS) is 10.6. The van der Waals surface area contributed by atoms with Crippen molar-refractivity contribution in [3.8, 4) is 0 Å². The maximum Gasteiger partial charge on any atom is 0.0446 e. The number of benzene rings is 4. The highest BCUT2D eigenvalue weighted by Gasteiger charge is 2.23. The van der Waals surface area contributed by atoms with Gasteiger partial charge >= 0.3 is 0 Å². The zero-order valence-corrected chi connectivity index (χ0v) is 23.3. The number of rotatable bonds is 11. The average molecular weight is 501 g/mol. The van der Waals surface area contributed by atoms with Gasteiger partial charge in [0.2, 0.25) is 0 Å². The number of para-hydroxylation sites is 2. The van der Waals surface area contributed by atoms with Crippen molar-refractivity contribution in [2.75, 3.05) is 36.0 Å². The standard InChI is InChI=1S/C36H40N2/c1-6-37(7-2)33-26-18-16-24-31(33)28(5)35(32-25-17-19-27-34(32)38(8-3)9-4)36(29-20-12-10-13-21-29)30-22-14-11-15-23-30/h10-27H,5-9H2,1-4H3. The number of allylic oxidation sites excluding steroid dienone is 2. The van der Waals surface area contributed by atoms with Crippen molar-refractivity contribution in [1.82, 2.24) is 0 Å². The predicted molar refractivity (Wildman–Crippen MR) is 168 cm³/mol. The first kappa shape index (κ1) is 27.0. The van der Waals surface area contributed by atoms with Crippen LogP contribution in [-0.2, 0) is 0 Å². The van der Waals surface area contributed by atoms with E-state index >= 15 is 0 Å². The van der Waals surface area contributed by atoms with Crippen LogP contribution in [0.2, 0.25) is 0 Å². The smallest absolute Gasteiger partial charge is 0.0446 e. The summed E-state index contributed by atoms with van der Waals surface area (Å²) < 4.78 is 0. The van der Waals surface area contributed by atoms with Crippen LogP contribution < -0.4 is 9.80 Å². The largest absolute Gasteiger partial charge is 0.372 e. The maximum atomic E-state index is 4.83. The molecule has 0 radical (unpaired) electrons. The first-order chi connectivity index (χ1) is 18.6. The minimum atomic E-state index is 0.940. The van der Waals surface area contributed by atoms with Gasteiger partial charge in [-0.05, 0) is 67.7 Å². The molecule has 2 nitrogen and oxygen atoms in total. The SMILES string of the molecule is C=C(C(=C(c1ccccc1)c1ccccc1)c1ccccc1N(CC)CC)c1ccccc1N(CC)CC. The minimum absolute atomic E-state index is 0.940. The summed E-state index contributed by atoms with van der Waals surface area (Å²) in [5.41, 5.74) is 10.6. The number of anilines is 2. The summed E-state index contributed by atoms with van der Waals surface area (Å²) in [6, 6.07) is 39.0. The highest BCUT2D eigenvalue weighted by atomic mass is 15.1. The van der Waals surface area contributed by atoms with Gasteiger partial charge in [0, 0.05) is 48.7 Å². The van der Waals surface area contributed by atoms with Crippen LogP contribution in [0.5, 0.6) is 0 Å². The topological polar surface area (TPSA) is 6.48 Å². The quantitative estimate of drug-likeness (QED) is 0.150. The Morgan fingerprint density at radius 2 is 0.868 bits per heavy atom. The lowest BCUT2D eigenvalue weighted by Crippen LogP contribution is -2.24. The molecule has 194 valence electrons. The van der Waals surface area contributed by atoms with Crippen molar-refractivity contribution in [3.63, 3.8) is 0 Å². The minimum Gasteiger partial charge on any atom is -0.372 e. The Morgan fingerprint density at radius 3 is 1.32 bits per heavy atom. The summed E-state index contributed by atoms with van der Waals surface area (Å²) in [4.78, 5) is 4.85. The van der Waals surface area contributed by atoms with Crippen LogP contribution >= 0.6 is 0 Å². The van der Waals surface area contributed by atoms with Crippen LogP contribution in [0.3, 0.4) is 0 Å². The van der Waals surface area contributed by atoms with Crippen LogP contribution in [0.15, 0.2) is 116 Å². The van der Waals surface area contributed by atoms with Gasteiger partial charge in [-0.25, -0.2) is 0 Å². The molecule has 0 amide bonds. The molecule has 0 heterocycles. The van der Waals surface area contributed by atoms with Crippen LogP contribution in [0, 0.1) is 0 Å². The molecule has 4 rings (SSSR count). The van der Waals surface area contributed by atoms with Crippen molar-refractivity contribution in [1.29, 1.82) is 0 Å². The maximum absolute atomic E-state index is 4.83. The van der Waals surface area contributed by atoms with E-state index in [2.05, 4.69) is 147 Å². The van der Waals surface area contributed by atoms with E-state index in [1.54, 1.807) is 0 Å². The van der Waals surface area contributed by atoms with Crippen LogP contribution in [0.1, 0.15) is 49.9 Å². The molecule has 38 heavy (non-hydrogen) atoms. The molecule has 0 saturated carbocycles. The summed E-state index contributed by atoms with van der Waals surface area (Å²) in [6.45, 7) is 17.5. The third-order valence-corrected chi connectivity index (χ3v) is 7.29. The predicted octanol–water partition coefficient (Wildman–Crippen LogP) is 9.05. The molecule has 4 aromatic carbocycles. The molecule has 0 unspecified atom stereocenters. The fourth-order valence-electron chi connectivity index (χ4n) is 5.34. The fourth-order valence-corrected chi connectivity index (χ4v) is 5.34. The van der Waals surface area contributed by atoms with E-state index in [-0.39, 0.29) is 0 Å². The van der Waals surface area contributed by atoms with Crippen molar-refractivity contribution in [2.24, 2.45) is 0 Å². The van der Waals surface area contributed by atoms with Crippen LogP contribution in [0.4, 0.5) is 11.4 Å². The molecule has 0 bridgehead atoms. The highest BCUT2D eigenvalue weighted by molar-refractivity contribution is 6.20. The Kier molecular flexibility index (Phi) is 9.21. The monoisotopic (exact) mass is 500 g/mol. The van der Waals surface area contributed by atoms with Crippen molar-refractivity contribution < 1.29 is 0 Å². The van der Waals surface area contributed by atoms with Crippen molar-refractivity contribution in [3.05, 3.63) is 138 Å². The van der Waals surface area contributed by atoms with E-state index in [0.29, 0.717) is 0 Å². The third kappa shape index (κ3) is 5.60. The Bertz CT molecular complexity index is 1320. The molecule has 2 heteroatoms. The van der Waals surface area contributed by atoms with Crippen molar-refractivity contribution >= 4 is 28.1 Å². The lowest BCUT2D eigenvalue weighted by Gasteiger charge is -2.29. The van der Waals surface area contributed by atoms with Gasteiger partial charge in [-0.2, -0.15) is 0 Å². The summed E-state index contributed by atoms with van der Waals surface area (Å²) >= 11 is 0. The second kappa shape index (κ2) is 13.0. The third-order valence-electron chi connectivity index (χ3n) is 7.29. The Labute approximate surface area is 229 Å². The van der Waals surface area contributed by atoms with E-state index in [1.165, 1.54) is 44.8 Å². The van der Waals surface area contributed by atoms with Gasteiger partial charge in [-0.3, -0.25) is 0 Å². The number of nitrogens with zero attached hydrogens (tertiary/aromatic N) is 2. The Hall–Kier alpha value is -4.04. The van der Waals surface area contributed by atoms with Crippen LogP contribution in [0.25, 0.3) is 16.7 Å². The molecule has 0 aliphatic carbocycles. The highest BCUT2D eigenvalue weighted by Crippen LogP contribution is 2.45. The summed E-state index contributed by atoms with van der Waals surface area (Å²) in [5.74, 6) is 0. The lowest BCUT2D eigenvalue weighted by molar-refractivity contribution is 0.864. The molecule has 0 aromatic heterocycles. The number of hydrogen-bond donors (Lipinski definition) is 0. The Morgan fingerprint density at radius 1 is 0.500 bits per heavy atom. The molecule has 0 spiro atoms. The summed E-state index contributed by atoms with van der Waals surface area (Å²) in [6.07, 6.45) is 0. The molecule has 0 saturated heterocycles. The van der Waals surface area contributed by atoms with E-state index in [1.807, 2.05) is 0 Å². The molecule has 0 aliphatic heterocycles. The zero-order chi connectivity index (χ0) is 26.9. The summed E-state index contributed by atoms with van der Waals surface area (Å²) in [7, 11) is 0. The summed E-state index contributed by atoms with van der Waals surface area (Å²) in [5, 5.41) is 0. The fraction of sp³-hybridized carbons (Fsp3) is 0.222. The second-order valence-corrected chi connectivity index (χ2v) is 9.34. The van der Waals surface area contributed by atoms with Crippen molar-refractivity contribution in [2.45, 2.75) is 27.7 Å². The molecule has 0 fully saturated rings. The average Bonchev–Trinajstić information content (AvgIpc) is 2.98. The Balaban J connectivity index is 2.13. The van der Waals surface area contributed by atoms with Gasteiger partial charge in [0.05, 0.1) is 0 Å². The first-order valence-corrected chi connectivity index (χ1v) is 13.9. The van der Waals surface area contributed by atoms with E-state index < -0.39 is 0 Å². The number of hydrogen-bond acceptors (Lipinski definition) is 2. The molecule has 0 aliphatic rings.